The van der Waals surface area contributed by atoms with Gasteiger partial charge in [0.25, 0.3) is 0 Å². The van der Waals surface area contributed by atoms with E-state index in [0.29, 0.717) is 19.8 Å². The van der Waals surface area contributed by atoms with Gasteiger partial charge in [-0.2, -0.15) is 0 Å². The summed E-state index contributed by atoms with van der Waals surface area (Å²) in [4.78, 5) is 10.5. The molecule has 0 bridgehead atoms. The first kappa shape index (κ1) is 12.4. The van der Waals surface area contributed by atoms with E-state index in [9.17, 15) is 4.79 Å². The quantitative estimate of drug-likeness (QED) is 0.526. The first-order valence-corrected chi connectivity index (χ1v) is 5.06. The Morgan fingerprint density at radius 1 is 1.62 bits per heavy atom. The smallest absolute Gasteiger partial charge is 0.358 e. The average Bonchev–Trinajstić information content (AvgIpc) is 2.72. The van der Waals surface area contributed by atoms with Gasteiger partial charge in [-0.1, -0.05) is 11.3 Å². The van der Waals surface area contributed by atoms with Crippen LogP contribution in [0.5, 0.6) is 0 Å². The average molecular weight is 225 g/mol. The minimum absolute atomic E-state index is 0.0494. The number of carbonyl (C=O) groups is 1. The molecule has 0 amide bonds. The van der Waals surface area contributed by atoms with Crippen molar-refractivity contribution in [3.63, 3.8) is 0 Å². The van der Waals surface area contributed by atoms with E-state index in [1.54, 1.807) is 0 Å². The zero-order chi connectivity index (χ0) is 11.8. The third-order valence-corrected chi connectivity index (χ3v) is 1.92. The number of nitrogens with zero attached hydrogens (tertiary/aromatic N) is 3. The number of hydrogen-bond donors (Lipinski definition) is 1. The number of hydrogen-bond acceptors (Lipinski definition) is 4. The minimum atomic E-state index is -1.07. The van der Waals surface area contributed by atoms with Gasteiger partial charge in [-0.05, 0) is 12.8 Å². The summed E-state index contributed by atoms with van der Waals surface area (Å²) in [7, 11) is 0. The molecule has 6 heteroatoms. The summed E-state index contributed by atoms with van der Waals surface area (Å²) >= 11 is 0. The molecule has 0 spiro atoms. The van der Waals surface area contributed by atoms with Crippen LogP contribution in [0.4, 0.5) is 0 Å². The Kier molecular flexibility index (Phi) is 5.21. The maximum absolute atomic E-state index is 10.5. The monoisotopic (exact) mass is 225 g/mol. The summed E-state index contributed by atoms with van der Waals surface area (Å²) in [6.45, 7) is 5.29. The molecule has 1 aromatic heterocycles. The fourth-order valence-corrected chi connectivity index (χ4v) is 1.10. The molecule has 0 saturated heterocycles. The van der Waals surface area contributed by atoms with E-state index in [2.05, 4.69) is 16.9 Å². The lowest BCUT2D eigenvalue weighted by Gasteiger charge is -2.02. The normalized spacial score (nSPS) is 10.2. The lowest BCUT2D eigenvalue weighted by molar-refractivity contribution is 0.0690. The van der Waals surface area contributed by atoms with Gasteiger partial charge in [0.2, 0.25) is 0 Å². The van der Waals surface area contributed by atoms with Crippen LogP contribution in [0.2, 0.25) is 0 Å². The topological polar surface area (TPSA) is 77.2 Å². The van der Waals surface area contributed by atoms with Crippen LogP contribution in [-0.4, -0.2) is 39.3 Å². The third kappa shape index (κ3) is 4.22. The predicted octanol–water partition coefficient (Wildman–Crippen LogP) is 0.959. The highest BCUT2D eigenvalue weighted by Gasteiger charge is 2.07. The second-order valence-electron chi connectivity index (χ2n) is 3.22. The Morgan fingerprint density at radius 3 is 3.06 bits per heavy atom. The van der Waals surface area contributed by atoms with E-state index in [4.69, 9.17) is 9.84 Å². The fourth-order valence-electron chi connectivity index (χ4n) is 1.10. The fraction of sp³-hybridized carbons (Fsp3) is 0.500. The molecule has 1 N–H and O–H groups in total. The van der Waals surface area contributed by atoms with Crippen molar-refractivity contribution in [1.82, 2.24) is 15.0 Å². The van der Waals surface area contributed by atoms with Gasteiger partial charge in [-0.3, -0.25) is 0 Å². The van der Waals surface area contributed by atoms with Gasteiger partial charge in [0.15, 0.2) is 5.69 Å². The molecule has 0 aromatic carbocycles. The molecule has 0 aliphatic rings. The van der Waals surface area contributed by atoms with E-state index < -0.39 is 5.97 Å². The molecular weight excluding hydrogens is 210 g/mol. The zero-order valence-electron chi connectivity index (χ0n) is 9.00. The van der Waals surface area contributed by atoms with Gasteiger partial charge in [0.1, 0.15) is 0 Å². The molecule has 0 saturated carbocycles. The van der Waals surface area contributed by atoms with Crippen molar-refractivity contribution in [2.24, 2.45) is 0 Å². The SMILES string of the molecule is C=CCCCOCCn1cc(C(=O)O)nn1. The number of aromatic carboxylic acids is 1. The largest absolute Gasteiger partial charge is 0.476 e. The number of rotatable bonds is 8. The van der Waals surface area contributed by atoms with Crippen LogP contribution < -0.4 is 0 Å². The molecule has 1 aromatic rings. The number of unbranched alkanes of at least 4 members (excludes halogenated alkanes) is 1. The maximum Gasteiger partial charge on any atom is 0.358 e. The van der Waals surface area contributed by atoms with E-state index in [0.717, 1.165) is 12.8 Å². The van der Waals surface area contributed by atoms with Crippen molar-refractivity contribution in [3.8, 4) is 0 Å². The lowest BCUT2D eigenvalue weighted by Crippen LogP contribution is -2.07. The molecule has 16 heavy (non-hydrogen) atoms. The Balaban J connectivity index is 2.16. The highest BCUT2D eigenvalue weighted by atomic mass is 16.5. The molecule has 0 aliphatic heterocycles. The van der Waals surface area contributed by atoms with E-state index in [-0.39, 0.29) is 5.69 Å². The molecule has 6 nitrogen and oxygen atoms in total. The second kappa shape index (κ2) is 6.73. The van der Waals surface area contributed by atoms with Crippen molar-refractivity contribution in [3.05, 3.63) is 24.5 Å². The molecule has 0 fully saturated rings. The van der Waals surface area contributed by atoms with Gasteiger partial charge in [0.05, 0.1) is 19.3 Å². The van der Waals surface area contributed by atoms with Crippen LogP contribution in [0.15, 0.2) is 18.9 Å². The molecule has 1 heterocycles. The molecule has 1 rings (SSSR count). The minimum Gasteiger partial charge on any atom is -0.476 e. The number of ether oxygens (including phenoxy) is 1. The number of carboxylic acids is 1. The lowest BCUT2D eigenvalue weighted by atomic mass is 10.3. The molecule has 0 radical (unpaired) electrons. The summed E-state index contributed by atoms with van der Waals surface area (Å²) in [5.41, 5.74) is -0.0494. The summed E-state index contributed by atoms with van der Waals surface area (Å²) in [6.07, 6.45) is 5.11. The van der Waals surface area contributed by atoms with E-state index in [1.807, 2.05) is 6.08 Å². The maximum atomic E-state index is 10.5. The Labute approximate surface area is 93.5 Å². The summed E-state index contributed by atoms with van der Waals surface area (Å²) in [6, 6.07) is 0. The van der Waals surface area contributed by atoms with Crippen LogP contribution >= 0.6 is 0 Å². The number of aromatic nitrogens is 3. The zero-order valence-corrected chi connectivity index (χ0v) is 9.00. The molecule has 0 unspecified atom stereocenters. The summed E-state index contributed by atoms with van der Waals surface area (Å²) < 4.78 is 6.78. The van der Waals surface area contributed by atoms with Crippen LogP contribution in [0.3, 0.4) is 0 Å². The van der Waals surface area contributed by atoms with Crippen LogP contribution in [-0.2, 0) is 11.3 Å². The Bertz CT molecular complexity index is 349. The first-order chi connectivity index (χ1) is 7.74. The first-order valence-electron chi connectivity index (χ1n) is 5.06. The molecule has 88 valence electrons. The van der Waals surface area contributed by atoms with Crippen molar-refractivity contribution in [2.75, 3.05) is 13.2 Å². The van der Waals surface area contributed by atoms with Crippen molar-refractivity contribution >= 4 is 5.97 Å². The standard InChI is InChI=1S/C10H15N3O3/c1-2-3-4-6-16-7-5-13-8-9(10(14)15)11-12-13/h2,8H,1,3-7H2,(H,14,15). The molecular formula is C10H15N3O3. The predicted molar refractivity (Wildman–Crippen MR) is 57.2 cm³/mol. The molecule has 0 aliphatic carbocycles. The van der Waals surface area contributed by atoms with Crippen LogP contribution in [0, 0.1) is 0 Å². The van der Waals surface area contributed by atoms with Gasteiger partial charge >= 0.3 is 5.97 Å². The summed E-state index contributed by atoms with van der Waals surface area (Å²) in [5.74, 6) is -1.07. The van der Waals surface area contributed by atoms with Gasteiger partial charge < -0.3 is 9.84 Å². The highest BCUT2D eigenvalue weighted by molar-refractivity contribution is 5.84. The highest BCUT2D eigenvalue weighted by Crippen LogP contribution is 1.94. The number of allylic oxidation sites excluding steroid dienone is 1. The van der Waals surface area contributed by atoms with Crippen molar-refractivity contribution in [1.29, 1.82) is 0 Å². The third-order valence-electron chi connectivity index (χ3n) is 1.92. The van der Waals surface area contributed by atoms with Gasteiger partial charge in [0, 0.05) is 6.61 Å². The Hall–Kier alpha value is -1.69. The Morgan fingerprint density at radius 2 is 2.44 bits per heavy atom. The van der Waals surface area contributed by atoms with Crippen LogP contribution in [0.1, 0.15) is 23.3 Å². The van der Waals surface area contributed by atoms with Crippen molar-refractivity contribution < 1.29 is 14.6 Å². The van der Waals surface area contributed by atoms with E-state index in [1.165, 1.54) is 10.9 Å². The van der Waals surface area contributed by atoms with E-state index >= 15 is 0 Å². The van der Waals surface area contributed by atoms with Crippen LogP contribution in [0.25, 0.3) is 0 Å². The number of carboxylic acid groups (broad SMARTS) is 1. The molecule has 0 atom stereocenters. The second-order valence-corrected chi connectivity index (χ2v) is 3.22. The van der Waals surface area contributed by atoms with Gasteiger partial charge in [-0.25, -0.2) is 9.48 Å². The summed E-state index contributed by atoms with van der Waals surface area (Å²) in [5, 5.41) is 15.8. The van der Waals surface area contributed by atoms with Crippen molar-refractivity contribution in [2.45, 2.75) is 19.4 Å². The van der Waals surface area contributed by atoms with Gasteiger partial charge in [-0.15, -0.1) is 11.7 Å².